The summed E-state index contributed by atoms with van der Waals surface area (Å²) >= 11 is 1.19. The van der Waals surface area contributed by atoms with Gasteiger partial charge in [-0.2, -0.15) is 4.40 Å². The first-order valence-electron chi connectivity index (χ1n) is 9.67. The Morgan fingerprint density at radius 3 is 2.59 bits per heavy atom. The lowest BCUT2D eigenvalue weighted by Gasteiger charge is -2.33. The van der Waals surface area contributed by atoms with Gasteiger partial charge in [0.1, 0.15) is 18.2 Å². The second-order valence-electron chi connectivity index (χ2n) is 7.22. The number of hydrogen-bond acceptors (Lipinski definition) is 7. The lowest BCUT2D eigenvalue weighted by molar-refractivity contribution is 0.0837. The number of aromatic nitrogens is 1. The average molecular weight is 414 g/mol. The first-order valence-corrected chi connectivity index (χ1v) is 10.4. The van der Waals surface area contributed by atoms with Crippen molar-refractivity contribution in [2.45, 2.75) is 46.1 Å². The fourth-order valence-corrected chi connectivity index (χ4v) is 3.83. The topological polar surface area (TPSA) is 102 Å². The van der Waals surface area contributed by atoms with Gasteiger partial charge in [0, 0.05) is 17.0 Å². The number of carbonyl (C=O) groups excluding carboxylic acids is 1. The summed E-state index contributed by atoms with van der Waals surface area (Å²) in [5.41, 5.74) is 9.43. The van der Waals surface area contributed by atoms with Gasteiger partial charge in [-0.15, -0.1) is 0 Å². The van der Waals surface area contributed by atoms with Crippen LogP contribution in [0.15, 0.2) is 34.7 Å². The molecule has 7 nitrogen and oxygen atoms in total. The van der Waals surface area contributed by atoms with E-state index in [0.29, 0.717) is 23.8 Å². The highest BCUT2D eigenvalue weighted by Crippen LogP contribution is 2.33. The minimum Gasteiger partial charge on any atom is -0.490 e. The summed E-state index contributed by atoms with van der Waals surface area (Å²) in [4.78, 5) is 17.3. The lowest BCUT2D eigenvalue weighted by Crippen LogP contribution is -2.52. The molecule has 2 aromatic rings. The molecule has 0 saturated heterocycles. The van der Waals surface area contributed by atoms with Gasteiger partial charge in [-0.25, -0.2) is 0 Å². The highest BCUT2D eigenvalue weighted by Gasteiger charge is 2.31. The molecule has 2 heterocycles. The van der Waals surface area contributed by atoms with Gasteiger partial charge in [-0.05, 0) is 51.0 Å². The summed E-state index contributed by atoms with van der Waals surface area (Å²) in [6.45, 7) is 8.19. The number of nitrogens with zero attached hydrogens (tertiary/aromatic N) is 2. The van der Waals surface area contributed by atoms with Crippen molar-refractivity contribution in [1.82, 2.24) is 10.3 Å². The fourth-order valence-electron chi connectivity index (χ4n) is 3.33. The zero-order valence-electron chi connectivity index (χ0n) is 17.2. The van der Waals surface area contributed by atoms with Crippen LogP contribution < -0.4 is 20.5 Å². The van der Waals surface area contributed by atoms with Crippen LogP contribution >= 0.6 is 12.1 Å². The van der Waals surface area contributed by atoms with Gasteiger partial charge in [0.05, 0.1) is 28.9 Å². The molecule has 0 fully saturated rings. The Bertz CT molecular complexity index is 920. The predicted molar refractivity (Wildman–Crippen MR) is 118 cm³/mol. The quantitative estimate of drug-likeness (QED) is 0.598. The molecular formula is C21H27N5O2S. The van der Waals surface area contributed by atoms with Gasteiger partial charge in [-0.3, -0.25) is 9.78 Å². The summed E-state index contributed by atoms with van der Waals surface area (Å²) < 4.78 is 13.5. The Labute approximate surface area is 175 Å². The molecule has 154 valence electrons. The van der Waals surface area contributed by atoms with Crippen LogP contribution in [0.25, 0.3) is 0 Å². The Morgan fingerprint density at radius 2 is 1.93 bits per heavy atom. The van der Waals surface area contributed by atoms with Crippen molar-refractivity contribution < 1.29 is 9.53 Å². The van der Waals surface area contributed by atoms with E-state index in [9.17, 15) is 4.79 Å². The van der Waals surface area contributed by atoms with E-state index >= 15 is 0 Å². The maximum atomic E-state index is 12.9. The molecule has 0 radical (unpaired) electrons. The normalized spacial score (nSPS) is 13.2. The lowest BCUT2D eigenvalue weighted by atomic mass is 9.93. The third-order valence-electron chi connectivity index (χ3n) is 5.16. The number of amidine groups is 1. The fraction of sp³-hybridized carbons (Fsp3) is 0.381. The van der Waals surface area contributed by atoms with E-state index in [1.807, 2.05) is 45.9 Å². The first-order chi connectivity index (χ1) is 13.9. The zero-order valence-corrected chi connectivity index (χ0v) is 18.0. The second kappa shape index (κ2) is 8.73. The minimum atomic E-state index is -0.506. The number of ether oxygens (including phenoxy) is 1. The van der Waals surface area contributed by atoms with E-state index in [4.69, 9.17) is 10.5 Å². The van der Waals surface area contributed by atoms with Crippen LogP contribution in [0.5, 0.6) is 5.75 Å². The van der Waals surface area contributed by atoms with E-state index in [2.05, 4.69) is 19.4 Å². The molecule has 4 N–H and O–H groups in total. The SMILES string of the molecule is CCC(CC)(COc1cccc2c1C(N)=NSN2)NC(=O)c1cc(C)nc(C)c1. The van der Waals surface area contributed by atoms with Crippen LogP contribution in [0, 0.1) is 13.8 Å². The Hall–Kier alpha value is -2.74. The van der Waals surface area contributed by atoms with Gasteiger partial charge in [0.2, 0.25) is 0 Å². The van der Waals surface area contributed by atoms with Crippen LogP contribution in [-0.4, -0.2) is 28.9 Å². The van der Waals surface area contributed by atoms with Crippen LogP contribution in [-0.2, 0) is 0 Å². The molecule has 1 aromatic heterocycles. The van der Waals surface area contributed by atoms with Crippen molar-refractivity contribution in [3.63, 3.8) is 0 Å². The number of nitrogens with one attached hydrogen (secondary N) is 2. The molecule has 1 aliphatic heterocycles. The molecule has 8 heteroatoms. The van der Waals surface area contributed by atoms with Gasteiger partial charge in [0.25, 0.3) is 5.91 Å². The van der Waals surface area contributed by atoms with Crippen molar-refractivity contribution in [3.8, 4) is 5.75 Å². The first kappa shape index (κ1) is 21.0. The number of benzene rings is 1. The average Bonchev–Trinajstić information content (AvgIpc) is 2.70. The molecule has 0 aliphatic carbocycles. The maximum Gasteiger partial charge on any atom is 0.251 e. The van der Waals surface area contributed by atoms with Crippen molar-refractivity contribution in [3.05, 3.63) is 52.8 Å². The third kappa shape index (κ3) is 4.64. The van der Waals surface area contributed by atoms with Gasteiger partial charge >= 0.3 is 0 Å². The number of fused-ring (bicyclic) bond motifs is 1. The third-order valence-corrected chi connectivity index (χ3v) is 5.76. The summed E-state index contributed by atoms with van der Waals surface area (Å²) in [6.07, 6.45) is 1.45. The molecule has 0 spiro atoms. The number of aryl methyl sites for hydroxylation is 2. The summed E-state index contributed by atoms with van der Waals surface area (Å²) in [6, 6.07) is 9.30. The zero-order chi connectivity index (χ0) is 21.0. The second-order valence-corrected chi connectivity index (χ2v) is 7.79. The molecule has 0 bridgehead atoms. The molecular weight excluding hydrogens is 386 g/mol. The van der Waals surface area contributed by atoms with Crippen LogP contribution in [0.2, 0.25) is 0 Å². The van der Waals surface area contributed by atoms with E-state index in [1.54, 1.807) is 12.1 Å². The van der Waals surface area contributed by atoms with E-state index < -0.39 is 5.54 Å². The van der Waals surface area contributed by atoms with Crippen LogP contribution in [0.3, 0.4) is 0 Å². The summed E-state index contributed by atoms with van der Waals surface area (Å²) in [5, 5.41) is 3.19. The Kier molecular flexibility index (Phi) is 6.32. The van der Waals surface area contributed by atoms with Crippen molar-refractivity contribution >= 4 is 29.6 Å². The Morgan fingerprint density at radius 1 is 1.24 bits per heavy atom. The van der Waals surface area contributed by atoms with Crippen molar-refractivity contribution in [2.24, 2.45) is 10.1 Å². The molecule has 0 saturated carbocycles. The highest BCUT2D eigenvalue weighted by atomic mass is 32.2. The molecule has 1 amide bonds. The van der Waals surface area contributed by atoms with Crippen LogP contribution in [0.1, 0.15) is 54.0 Å². The van der Waals surface area contributed by atoms with E-state index in [1.165, 1.54) is 12.1 Å². The number of rotatable bonds is 7. The van der Waals surface area contributed by atoms with Crippen molar-refractivity contribution in [1.29, 1.82) is 0 Å². The standard InChI is InChI=1S/C21H27N5O2S/c1-5-21(6-2,24-20(27)15-10-13(3)23-14(4)11-15)12-28-17-9-7-8-16-18(17)19(22)26-29-25-16/h7-11,25H,5-6,12H2,1-4H3,(H2,22,26)(H,24,27). The number of pyridine rings is 1. The number of anilines is 1. The monoisotopic (exact) mass is 413 g/mol. The Balaban J connectivity index is 1.80. The van der Waals surface area contributed by atoms with Crippen molar-refractivity contribution in [2.75, 3.05) is 11.3 Å². The summed E-state index contributed by atoms with van der Waals surface area (Å²) in [5.74, 6) is 0.942. The number of hydrogen-bond donors (Lipinski definition) is 3. The van der Waals surface area contributed by atoms with Gasteiger partial charge < -0.3 is 20.5 Å². The highest BCUT2D eigenvalue weighted by molar-refractivity contribution is 7.99. The minimum absolute atomic E-state index is 0.125. The summed E-state index contributed by atoms with van der Waals surface area (Å²) in [7, 11) is 0. The van der Waals surface area contributed by atoms with Crippen LogP contribution in [0.4, 0.5) is 5.69 Å². The predicted octanol–water partition coefficient (Wildman–Crippen LogP) is 3.76. The van der Waals surface area contributed by atoms with Gasteiger partial charge in [-0.1, -0.05) is 19.9 Å². The molecule has 1 aromatic carbocycles. The van der Waals surface area contributed by atoms with E-state index in [0.717, 1.165) is 35.5 Å². The number of nitrogens with two attached hydrogens (primary N) is 1. The smallest absolute Gasteiger partial charge is 0.251 e. The molecule has 1 aliphatic rings. The maximum absolute atomic E-state index is 12.9. The number of amides is 1. The van der Waals surface area contributed by atoms with Gasteiger partial charge in [0.15, 0.2) is 0 Å². The largest absolute Gasteiger partial charge is 0.490 e. The molecule has 29 heavy (non-hydrogen) atoms. The molecule has 0 atom stereocenters. The molecule has 3 rings (SSSR count). The number of carbonyl (C=O) groups is 1. The molecule has 0 unspecified atom stereocenters. The van der Waals surface area contributed by atoms with E-state index in [-0.39, 0.29) is 5.91 Å².